The maximum absolute atomic E-state index is 13.1. The number of halogens is 2. The zero-order chi connectivity index (χ0) is 17.4. The van der Waals surface area contributed by atoms with Crippen molar-refractivity contribution in [3.05, 3.63) is 68.7 Å². The molecule has 1 aliphatic heterocycles. The molecule has 2 aromatic carbocycles. The summed E-state index contributed by atoms with van der Waals surface area (Å²) in [7, 11) is 2.20. The second kappa shape index (κ2) is 7.08. The Hall–Kier alpha value is -1.40. The van der Waals surface area contributed by atoms with Gasteiger partial charge in [-0.15, -0.1) is 0 Å². The first kappa shape index (κ1) is 17.0. The number of aryl methyl sites for hydroxylation is 2. The molecule has 0 N–H and O–H groups in total. The van der Waals surface area contributed by atoms with Crippen LogP contribution in [0.3, 0.4) is 0 Å². The predicted molar refractivity (Wildman–Crippen MR) is 109 cm³/mol. The summed E-state index contributed by atoms with van der Waals surface area (Å²) in [5.74, 6) is -0.159. The number of fused-ring (bicyclic) bond motifs is 3. The van der Waals surface area contributed by atoms with Crippen LogP contribution in [-0.4, -0.2) is 23.1 Å². The van der Waals surface area contributed by atoms with Crippen LogP contribution < -0.4 is 0 Å². The Balaban J connectivity index is 1.61. The van der Waals surface area contributed by atoms with E-state index in [-0.39, 0.29) is 5.82 Å². The largest absolute Gasteiger partial charge is 0.344 e. The Bertz CT molecular complexity index is 898. The summed E-state index contributed by atoms with van der Waals surface area (Å²) < 4.78 is 16.9. The fourth-order valence-electron chi connectivity index (χ4n) is 3.90. The maximum Gasteiger partial charge on any atom is 0.123 e. The van der Waals surface area contributed by atoms with Crippen LogP contribution in [0.2, 0.25) is 0 Å². The summed E-state index contributed by atoms with van der Waals surface area (Å²) >= 11 is 2.40. The monoisotopic (exact) mass is 448 g/mol. The third-order valence-electron chi connectivity index (χ3n) is 5.17. The SMILES string of the molecule is CN1CCc2c(c3cc(I)ccc3n2CCCc2ccc(F)cc2)C1. The Kier molecular flexibility index (Phi) is 4.82. The van der Waals surface area contributed by atoms with Crippen LogP contribution in [0, 0.1) is 9.39 Å². The van der Waals surface area contributed by atoms with E-state index in [0.717, 1.165) is 38.9 Å². The Morgan fingerprint density at radius 2 is 1.92 bits per heavy atom. The van der Waals surface area contributed by atoms with Crippen LogP contribution in [0.5, 0.6) is 0 Å². The zero-order valence-corrected chi connectivity index (χ0v) is 16.6. The number of hydrogen-bond acceptors (Lipinski definition) is 1. The van der Waals surface area contributed by atoms with E-state index in [1.165, 1.54) is 31.3 Å². The van der Waals surface area contributed by atoms with Gasteiger partial charge in [0.05, 0.1) is 0 Å². The lowest BCUT2D eigenvalue weighted by Crippen LogP contribution is -2.27. The van der Waals surface area contributed by atoms with Gasteiger partial charge < -0.3 is 9.47 Å². The molecule has 4 heteroatoms. The highest BCUT2D eigenvalue weighted by atomic mass is 127. The van der Waals surface area contributed by atoms with Crippen molar-refractivity contribution in [2.75, 3.05) is 13.6 Å². The first-order valence-corrected chi connectivity index (χ1v) is 9.92. The van der Waals surface area contributed by atoms with Crippen LogP contribution in [0.15, 0.2) is 42.5 Å². The molecule has 0 amide bonds. The number of hydrogen-bond donors (Lipinski definition) is 0. The Morgan fingerprint density at radius 3 is 2.72 bits per heavy atom. The number of aromatic nitrogens is 1. The maximum atomic E-state index is 13.1. The van der Waals surface area contributed by atoms with Crippen molar-refractivity contribution < 1.29 is 4.39 Å². The third kappa shape index (κ3) is 3.47. The van der Waals surface area contributed by atoms with Crippen LogP contribution in [0.25, 0.3) is 10.9 Å². The van der Waals surface area contributed by atoms with Gasteiger partial charge in [0.25, 0.3) is 0 Å². The minimum Gasteiger partial charge on any atom is -0.344 e. The smallest absolute Gasteiger partial charge is 0.123 e. The lowest BCUT2D eigenvalue weighted by Gasteiger charge is -2.24. The highest BCUT2D eigenvalue weighted by molar-refractivity contribution is 14.1. The van der Waals surface area contributed by atoms with Crippen LogP contribution >= 0.6 is 22.6 Å². The van der Waals surface area contributed by atoms with Crippen molar-refractivity contribution >= 4 is 33.5 Å². The van der Waals surface area contributed by atoms with E-state index in [1.54, 1.807) is 12.1 Å². The molecule has 0 saturated heterocycles. The molecule has 2 heterocycles. The van der Waals surface area contributed by atoms with Gasteiger partial charge in [-0.2, -0.15) is 0 Å². The molecule has 130 valence electrons. The first-order chi connectivity index (χ1) is 12.1. The molecule has 1 aliphatic rings. The molecule has 0 saturated carbocycles. The van der Waals surface area contributed by atoms with Gasteiger partial charge in [-0.3, -0.25) is 0 Å². The molecule has 0 unspecified atom stereocenters. The molecule has 25 heavy (non-hydrogen) atoms. The molecular formula is C21H22FIN2. The highest BCUT2D eigenvalue weighted by Crippen LogP contribution is 2.32. The van der Waals surface area contributed by atoms with E-state index >= 15 is 0 Å². The van der Waals surface area contributed by atoms with Crippen molar-refractivity contribution in [3.63, 3.8) is 0 Å². The second-order valence-electron chi connectivity index (χ2n) is 6.96. The average molecular weight is 448 g/mol. The average Bonchev–Trinajstić information content (AvgIpc) is 2.89. The van der Waals surface area contributed by atoms with E-state index in [2.05, 4.69) is 57.3 Å². The van der Waals surface area contributed by atoms with E-state index in [4.69, 9.17) is 0 Å². The summed E-state index contributed by atoms with van der Waals surface area (Å²) in [4.78, 5) is 2.41. The van der Waals surface area contributed by atoms with Crippen LogP contribution in [0.4, 0.5) is 4.39 Å². The van der Waals surface area contributed by atoms with Gasteiger partial charge >= 0.3 is 0 Å². The van der Waals surface area contributed by atoms with Crippen molar-refractivity contribution in [1.29, 1.82) is 0 Å². The lowest BCUT2D eigenvalue weighted by atomic mass is 10.1. The van der Waals surface area contributed by atoms with E-state index in [0.29, 0.717) is 0 Å². The molecule has 0 spiro atoms. The minimum absolute atomic E-state index is 0.159. The predicted octanol–water partition coefficient (Wildman–Crippen LogP) is 5.01. The molecule has 0 bridgehead atoms. The van der Waals surface area contributed by atoms with Crippen molar-refractivity contribution in [3.8, 4) is 0 Å². The van der Waals surface area contributed by atoms with Gasteiger partial charge in [-0.1, -0.05) is 12.1 Å². The minimum atomic E-state index is -0.159. The Morgan fingerprint density at radius 1 is 1.12 bits per heavy atom. The lowest BCUT2D eigenvalue weighted by molar-refractivity contribution is 0.309. The Labute approximate surface area is 161 Å². The molecule has 4 rings (SSSR count). The molecular weight excluding hydrogens is 426 g/mol. The number of likely N-dealkylation sites (N-methyl/N-ethyl adjacent to an activating group) is 1. The molecule has 3 aromatic rings. The van der Waals surface area contributed by atoms with E-state index < -0.39 is 0 Å². The first-order valence-electron chi connectivity index (χ1n) is 8.84. The topological polar surface area (TPSA) is 8.17 Å². The molecule has 0 atom stereocenters. The second-order valence-corrected chi connectivity index (χ2v) is 8.20. The number of rotatable bonds is 4. The fraction of sp³-hybridized carbons (Fsp3) is 0.333. The summed E-state index contributed by atoms with van der Waals surface area (Å²) in [5.41, 5.74) is 5.58. The molecule has 0 radical (unpaired) electrons. The van der Waals surface area contributed by atoms with Gasteiger partial charge in [0.15, 0.2) is 0 Å². The van der Waals surface area contributed by atoms with Gasteiger partial charge in [-0.25, -0.2) is 4.39 Å². The molecule has 0 aliphatic carbocycles. The van der Waals surface area contributed by atoms with Crippen LogP contribution in [0.1, 0.15) is 23.2 Å². The highest BCUT2D eigenvalue weighted by Gasteiger charge is 2.22. The van der Waals surface area contributed by atoms with Crippen LogP contribution in [-0.2, 0) is 25.9 Å². The number of nitrogens with zero attached hydrogens (tertiary/aromatic N) is 2. The molecule has 0 fully saturated rings. The molecule has 1 aromatic heterocycles. The van der Waals surface area contributed by atoms with E-state index in [1.807, 2.05) is 12.1 Å². The van der Waals surface area contributed by atoms with Crippen molar-refractivity contribution in [2.45, 2.75) is 32.4 Å². The molecule has 2 nitrogen and oxygen atoms in total. The van der Waals surface area contributed by atoms with Gasteiger partial charge in [-0.05, 0) is 83.9 Å². The summed E-state index contributed by atoms with van der Waals surface area (Å²) in [5, 5.41) is 1.41. The van der Waals surface area contributed by atoms with E-state index in [9.17, 15) is 4.39 Å². The van der Waals surface area contributed by atoms with Gasteiger partial charge in [0.1, 0.15) is 5.82 Å². The quantitative estimate of drug-likeness (QED) is 0.510. The van der Waals surface area contributed by atoms with Crippen molar-refractivity contribution in [2.24, 2.45) is 0 Å². The zero-order valence-electron chi connectivity index (χ0n) is 14.4. The van der Waals surface area contributed by atoms with Gasteiger partial charge in [0.2, 0.25) is 0 Å². The van der Waals surface area contributed by atoms with Gasteiger partial charge in [0, 0.05) is 46.2 Å². The summed E-state index contributed by atoms with van der Waals surface area (Å²) in [6.45, 7) is 3.18. The fourth-order valence-corrected chi connectivity index (χ4v) is 4.40. The standard InChI is InChI=1S/C21H22FIN2/c1-24-12-10-21-19(14-24)18-13-17(23)8-9-20(18)25(21)11-2-3-15-4-6-16(22)7-5-15/h4-9,13H,2-3,10-12,14H2,1H3. The van der Waals surface area contributed by atoms with Crippen molar-refractivity contribution in [1.82, 2.24) is 9.47 Å². The normalized spacial score (nSPS) is 14.8. The summed E-state index contributed by atoms with van der Waals surface area (Å²) in [6, 6.07) is 13.7. The summed E-state index contributed by atoms with van der Waals surface area (Å²) in [6.07, 6.45) is 3.18. The number of benzene rings is 2. The third-order valence-corrected chi connectivity index (χ3v) is 5.84.